The van der Waals surface area contributed by atoms with Crippen molar-refractivity contribution in [2.45, 2.75) is 35.8 Å². The van der Waals surface area contributed by atoms with Gasteiger partial charge in [-0.05, 0) is 34.7 Å². The molecule has 8 nitrogen and oxygen atoms in total. The first-order valence-electron chi connectivity index (χ1n) is 14.7. The maximum Gasteiger partial charge on any atom is 0.278 e. The molecule has 1 fully saturated rings. The van der Waals surface area contributed by atoms with Crippen molar-refractivity contribution in [2.75, 3.05) is 37.9 Å². The Balaban J connectivity index is 1.18. The summed E-state index contributed by atoms with van der Waals surface area (Å²) in [4.78, 5) is 32.0. The maximum absolute atomic E-state index is 14.0. The zero-order chi connectivity index (χ0) is 29.3. The average Bonchev–Trinajstić information content (AvgIpc) is 3.44. The molecule has 4 aromatic rings. The Morgan fingerprint density at radius 1 is 0.907 bits per heavy atom. The third-order valence-electron chi connectivity index (χ3n) is 8.69. The van der Waals surface area contributed by atoms with E-state index in [4.69, 9.17) is 4.74 Å². The van der Waals surface area contributed by atoms with Crippen LogP contribution in [0.1, 0.15) is 45.2 Å². The van der Waals surface area contributed by atoms with E-state index >= 15 is 0 Å². The summed E-state index contributed by atoms with van der Waals surface area (Å²) in [5.74, 6) is 0.0194. The number of fused-ring (bicyclic) bond motifs is 3. The van der Waals surface area contributed by atoms with Gasteiger partial charge in [-0.15, -0.1) is 11.8 Å². The van der Waals surface area contributed by atoms with Crippen LogP contribution in [0, 0.1) is 0 Å². The highest BCUT2D eigenvalue weighted by atomic mass is 32.2. The number of hydrogen-bond acceptors (Lipinski definition) is 7. The zero-order valence-corrected chi connectivity index (χ0v) is 24.7. The molecule has 0 spiro atoms. The summed E-state index contributed by atoms with van der Waals surface area (Å²) in [6.07, 6.45) is 2.44. The number of nitrogens with zero attached hydrogens (tertiary/aromatic N) is 4. The van der Waals surface area contributed by atoms with Gasteiger partial charge in [0, 0.05) is 48.6 Å². The number of amides is 1. The van der Waals surface area contributed by atoms with E-state index in [-0.39, 0.29) is 23.7 Å². The molecule has 3 aliphatic heterocycles. The Morgan fingerprint density at radius 3 is 2.53 bits per heavy atom. The third-order valence-corrected chi connectivity index (χ3v) is 9.83. The van der Waals surface area contributed by atoms with Crippen LogP contribution in [0.5, 0.6) is 5.75 Å². The summed E-state index contributed by atoms with van der Waals surface area (Å²) in [6, 6.07) is 28.0. The number of likely N-dealkylation sites (tertiary alicyclic amines) is 1. The lowest BCUT2D eigenvalue weighted by atomic mass is 9.94. The first-order chi connectivity index (χ1) is 21.1. The summed E-state index contributed by atoms with van der Waals surface area (Å²) in [7, 11) is 0. The molecule has 0 bridgehead atoms. The number of pyridine rings is 1. The number of aromatic nitrogens is 1. The van der Waals surface area contributed by atoms with Crippen LogP contribution in [0.3, 0.4) is 0 Å². The molecular formula is C34H34N4O4S. The van der Waals surface area contributed by atoms with Gasteiger partial charge in [0.25, 0.3) is 5.91 Å². The van der Waals surface area contributed by atoms with E-state index in [9.17, 15) is 14.7 Å². The molecule has 1 N–H and O–H groups in total. The van der Waals surface area contributed by atoms with Crippen LogP contribution < -0.4 is 10.4 Å². The predicted molar refractivity (Wildman–Crippen MR) is 167 cm³/mol. The van der Waals surface area contributed by atoms with Crippen LogP contribution in [-0.2, 0) is 17.1 Å². The number of benzene rings is 3. The monoisotopic (exact) mass is 594 g/mol. The van der Waals surface area contributed by atoms with E-state index in [1.165, 1.54) is 16.5 Å². The van der Waals surface area contributed by atoms with Crippen molar-refractivity contribution < 1.29 is 14.6 Å². The number of ether oxygens (including phenoxy) is 1. The summed E-state index contributed by atoms with van der Waals surface area (Å²) >= 11 is 1.81. The number of rotatable bonds is 7. The van der Waals surface area contributed by atoms with Gasteiger partial charge in [-0.3, -0.25) is 24.2 Å². The molecule has 0 radical (unpaired) electrons. The van der Waals surface area contributed by atoms with Gasteiger partial charge in [0.05, 0.1) is 19.3 Å². The second-order valence-corrected chi connectivity index (χ2v) is 12.3. The second-order valence-electron chi connectivity index (χ2n) is 11.3. The van der Waals surface area contributed by atoms with E-state index in [0.717, 1.165) is 42.0 Å². The Hall–Kier alpha value is -4.05. The predicted octanol–water partition coefficient (Wildman–Crippen LogP) is 4.59. The Labute approximate surface area is 255 Å². The lowest BCUT2D eigenvalue weighted by Gasteiger charge is -2.46. The topological polar surface area (TPSA) is 78.2 Å². The first-order valence-corrected chi connectivity index (χ1v) is 15.7. The SMILES string of the molecule is O=C1c2c(O)c(=O)ccn2N(C2c3ccccc3CSc3ccccc32)CN1[C@@H]1CCN(CCOCc2ccccc2)C1. The number of carbonyl (C=O) groups excluding carboxylic acids is 1. The van der Waals surface area contributed by atoms with Crippen molar-refractivity contribution in [3.8, 4) is 5.75 Å². The fourth-order valence-corrected chi connectivity index (χ4v) is 7.58. The van der Waals surface area contributed by atoms with Crippen molar-refractivity contribution in [2.24, 2.45) is 0 Å². The Kier molecular flexibility index (Phi) is 7.69. The van der Waals surface area contributed by atoms with E-state index in [2.05, 4.69) is 64.5 Å². The number of aromatic hydroxyl groups is 1. The molecule has 7 rings (SSSR count). The van der Waals surface area contributed by atoms with Crippen LogP contribution in [0.2, 0.25) is 0 Å². The molecular weight excluding hydrogens is 560 g/mol. The molecule has 4 heterocycles. The van der Waals surface area contributed by atoms with Crippen molar-refractivity contribution in [1.29, 1.82) is 0 Å². The highest BCUT2D eigenvalue weighted by Gasteiger charge is 2.42. The highest BCUT2D eigenvalue weighted by molar-refractivity contribution is 7.98. The largest absolute Gasteiger partial charge is 0.502 e. The summed E-state index contributed by atoms with van der Waals surface area (Å²) in [5.41, 5.74) is 4.14. The molecule has 0 saturated carbocycles. The van der Waals surface area contributed by atoms with Crippen LogP contribution in [0.25, 0.3) is 0 Å². The Morgan fingerprint density at radius 2 is 1.67 bits per heavy atom. The van der Waals surface area contributed by atoms with Crippen LogP contribution in [-0.4, -0.2) is 64.4 Å². The van der Waals surface area contributed by atoms with E-state index < -0.39 is 11.2 Å². The minimum atomic E-state index is -0.553. The molecule has 3 aromatic carbocycles. The average molecular weight is 595 g/mol. The van der Waals surface area contributed by atoms with Crippen molar-refractivity contribution in [1.82, 2.24) is 14.5 Å². The molecule has 43 heavy (non-hydrogen) atoms. The van der Waals surface area contributed by atoms with Gasteiger partial charge >= 0.3 is 0 Å². The fourth-order valence-electron chi connectivity index (χ4n) is 6.48. The molecule has 3 aliphatic rings. The molecule has 2 atom stereocenters. The van der Waals surface area contributed by atoms with Gasteiger partial charge in [-0.25, -0.2) is 0 Å². The number of carbonyl (C=O) groups is 1. The molecule has 1 amide bonds. The molecule has 1 unspecified atom stereocenters. The van der Waals surface area contributed by atoms with Gasteiger partial charge in [0.1, 0.15) is 6.67 Å². The second kappa shape index (κ2) is 11.9. The van der Waals surface area contributed by atoms with Crippen molar-refractivity contribution >= 4 is 17.7 Å². The van der Waals surface area contributed by atoms with E-state index in [0.29, 0.717) is 26.4 Å². The number of hydrogen-bond donors (Lipinski definition) is 1. The van der Waals surface area contributed by atoms with Gasteiger partial charge in [-0.2, -0.15) is 0 Å². The minimum absolute atomic E-state index is 0.0234. The van der Waals surface area contributed by atoms with E-state index in [1.807, 2.05) is 40.9 Å². The van der Waals surface area contributed by atoms with Crippen LogP contribution >= 0.6 is 11.8 Å². The molecule has 220 valence electrons. The van der Waals surface area contributed by atoms with Gasteiger partial charge in [-0.1, -0.05) is 72.8 Å². The number of thioether (sulfide) groups is 1. The minimum Gasteiger partial charge on any atom is -0.502 e. The summed E-state index contributed by atoms with van der Waals surface area (Å²) < 4.78 is 7.63. The van der Waals surface area contributed by atoms with Gasteiger partial charge in [0.15, 0.2) is 11.4 Å². The van der Waals surface area contributed by atoms with Crippen molar-refractivity contribution in [3.05, 3.63) is 129 Å². The smallest absolute Gasteiger partial charge is 0.278 e. The lowest BCUT2D eigenvalue weighted by molar-refractivity contribution is 0.0583. The van der Waals surface area contributed by atoms with Gasteiger partial charge in [0.2, 0.25) is 5.43 Å². The molecule has 9 heteroatoms. The third kappa shape index (κ3) is 5.33. The quantitative estimate of drug-likeness (QED) is 0.314. The van der Waals surface area contributed by atoms with Crippen molar-refractivity contribution in [3.63, 3.8) is 0 Å². The molecule has 0 aliphatic carbocycles. The lowest BCUT2D eigenvalue weighted by Crippen LogP contribution is -2.58. The standard InChI is InChI=1S/C34H34N4O4S/c39-29-15-17-37-32(33(29)40)34(41)36(26-14-16-35(20-26)18-19-42-21-24-8-2-1-3-9-24)23-38(37)31-27-11-5-4-10-25(27)22-43-30-13-7-6-12-28(30)31/h1-13,15,17,26,31,40H,14,16,18-23H2/t26-,31?/m1/s1. The summed E-state index contributed by atoms with van der Waals surface area (Å²) in [5, 5.41) is 13.1. The first kappa shape index (κ1) is 27.8. The zero-order valence-electron chi connectivity index (χ0n) is 23.8. The highest BCUT2D eigenvalue weighted by Crippen LogP contribution is 2.43. The maximum atomic E-state index is 14.0. The molecule has 1 saturated heterocycles. The van der Waals surface area contributed by atoms with Crippen LogP contribution in [0.15, 0.2) is 101 Å². The van der Waals surface area contributed by atoms with E-state index in [1.54, 1.807) is 10.9 Å². The summed E-state index contributed by atoms with van der Waals surface area (Å²) in [6.45, 7) is 3.84. The van der Waals surface area contributed by atoms with Gasteiger partial charge < -0.3 is 14.7 Å². The molecule has 1 aromatic heterocycles. The Bertz CT molecular complexity index is 1650. The normalized spacial score (nSPS) is 20.0. The van der Waals surface area contributed by atoms with Crippen LogP contribution in [0.4, 0.5) is 0 Å². The fraction of sp³-hybridized carbons (Fsp3) is 0.294.